The molecule has 0 heterocycles. The van der Waals surface area contributed by atoms with Crippen LogP contribution < -0.4 is 0 Å². The normalized spacial score (nSPS) is 12.7. The summed E-state index contributed by atoms with van der Waals surface area (Å²) in [4.78, 5) is 15.9. The zero-order valence-corrected chi connectivity index (χ0v) is 8.19. The molecule has 0 aliphatic carbocycles. The van der Waals surface area contributed by atoms with Crippen LogP contribution >= 0.6 is 9.47 Å². The summed E-state index contributed by atoms with van der Waals surface area (Å²) in [6, 6.07) is 0. The average Bonchev–Trinajstić information content (AvgIpc) is 2.05. The molecule has 0 spiro atoms. The Bertz CT molecular complexity index is 127. The molecule has 66 valence electrons. The molecule has 0 aromatic carbocycles. The summed E-state index contributed by atoms with van der Waals surface area (Å²) in [5.41, 5.74) is 0. The first-order valence-corrected chi connectivity index (χ1v) is 3.81. The van der Waals surface area contributed by atoms with Crippen molar-refractivity contribution in [2.45, 2.75) is 19.4 Å². The lowest BCUT2D eigenvalue weighted by Gasteiger charge is -2.18. The van der Waals surface area contributed by atoms with Crippen molar-refractivity contribution < 1.29 is 14.2 Å². The molecule has 0 rings (SSSR count). The van der Waals surface area contributed by atoms with Crippen molar-refractivity contribution in [3.05, 3.63) is 0 Å². The van der Waals surface area contributed by atoms with Crippen molar-refractivity contribution in [1.82, 2.24) is 5.06 Å². The standard InChI is InChI=1S/C6H14NO3P/c1-4-5(10-11)6(8)7(2)9-3/h5H,4,11H2,1-3H3. The molecule has 5 heteroatoms. The number of rotatable bonds is 4. The number of likely N-dealkylation sites (N-methyl/N-ethyl adjacent to an activating group) is 1. The fourth-order valence-electron chi connectivity index (χ4n) is 0.622. The first-order valence-electron chi connectivity index (χ1n) is 3.34. The number of hydrogen-bond donors (Lipinski definition) is 0. The maximum Gasteiger partial charge on any atom is 0.275 e. The third-order valence-electron chi connectivity index (χ3n) is 1.39. The number of carbonyl (C=O) groups excluding carboxylic acids is 1. The highest BCUT2D eigenvalue weighted by Gasteiger charge is 2.19. The van der Waals surface area contributed by atoms with E-state index in [2.05, 4.69) is 9.47 Å². The first-order chi connectivity index (χ1) is 5.17. The van der Waals surface area contributed by atoms with E-state index in [4.69, 9.17) is 9.36 Å². The highest BCUT2D eigenvalue weighted by atomic mass is 31.0. The Morgan fingerprint density at radius 1 is 1.73 bits per heavy atom. The smallest absolute Gasteiger partial charge is 0.275 e. The summed E-state index contributed by atoms with van der Waals surface area (Å²) < 4.78 is 4.83. The number of amides is 1. The topological polar surface area (TPSA) is 38.8 Å². The van der Waals surface area contributed by atoms with Crippen LogP contribution in [0.5, 0.6) is 0 Å². The Labute approximate surface area is 69.1 Å². The van der Waals surface area contributed by atoms with Crippen LogP contribution in [0.3, 0.4) is 0 Å². The molecule has 2 atom stereocenters. The fourth-order valence-corrected chi connectivity index (χ4v) is 0.931. The monoisotopic (exact) mass is 179 g/mol. The van der Waals surface area contributed by atoms with E-state index in [1.165, 1.54) is 7.11 Å². The third-order valence-corrected chi connectivity index (χ3v) is 1.72. The Hall–Kier alpha value is -0.180. The second-order valence-corrected chi connectivity index (χ2v) is 2.32. The Kier molecular flexibility index (Phi) is 5.38. The zero-order valence-electron chi connectivity index (χ0n) is 7.03. The molecule has 4 nitrogen and oxygen atoms in total. The Morgan fingerprint density at radius 3 is 2.55 bits per heavy atom. The van der Waals surface area contributed by atoms with Gasteiger partial charge < -0.3 is 4.52 Å². The lowest BCUT2D eigenvalue weighted by atomic mass is 10.3. The van der Waals surface area contributed by atoms with Gasteiger partial charge in [0.25, 0.3) is 5.91 Å². The summed E-state index contributed by atoms with van der Waals surface area (Å²) in [6.07, 6.45) is 0.209. The molecule has 0 bridgehead atoms. The van der Waals surface area contributed by atoms with Crippen molar-refractivity contribution in [2.75, 3.05) is 14.2 Å². The van der Waals surface area contributed by atoms with E-state index in [0.717, 1.165) is 5.06 Å². The Balaban J connectivity index is 3.97. The number of hydrogen-bond acceptors (Lipinski definition) is 3. The van der Waals surface area contributed by atoms with Crippen molar-refractivity contribution in [3.8, 4) is 0 Å². The van der Waals surface area contributed by atoms with Crippen molar-refractivity contribution in [3.63, 3.8) is 0 Å². The number of carbonyl (C=O) groups is 1. The molecule has 2 unspecified atom stereocenters. The van der Waals surface area contributed by atoms with E-state index < -0.39 is 6.10 Å². The minimum Gasteiger partial charge on any atom is -0.353 e. The molecule has 0 N–H and O–H groups in total. The van der Waals surface area contributed by atoms with Gasteiger partial charge in [0, 0.05) is 16.5 Å². The van der Waals surface area contributed by atoms with E-state index in [1.807, 2.05) is 6.92 Å². The highest BCUT2D eigenvalue weighted by Crippen LogP contribution is 2.05. The van der Waals surface area contributed by atoms with Crippen molar-refractivity contribution >= 4 is 15.4 Å². The minimum absolute atomic E-state index is 0.176. The molecule has 11 heavy (non-hydrogen) atoms. The summed E-state index contributed by atoms with van der Waals surface area (Å²) >= 11 is 0. The Morgan fingerprint density at radius 2 is 2.27 bits per heavy atom. The van der Waals surface area contributed by atoms with Crippen LogP contribution in [0.15, 0.2) is 0 Å². The fraction of sp³-hybridized carbons (Fsp3) is 0.833. The molecule has 0 aromatic heterocycles. The first kappa shape index (κ1) is 10.8. The minimum atomic E-state index is -0.426. The van der Waals surface area contributed by atoms with E-state index in [1.54, 1.807) is 7.05 Å². The van der Waals surface area contributed by atoms with Gasteiger partial charge in [-0.15, -0.1) is 0 Å². The highest BCUT2D eigenvalue weighted by molar-refractivity contribution is 7.09. The molecular formula is C6H14NO3P. The molecule has 1 amide bonds. The van der Waals surface area contributed by atoms with Crippen LogP contribution in [-0.4, -0.2) is 31.2 Å². The van der Waals surface area contributed by atoms with E-state index in [9.17, 15) is 4.79 Å². The predicted molar refractivity (Wildman–Crippen MR) is 44.7 cm³/mol. The maximum absolute atomic E-state index is 11.2. The molecule has 0 aliphatic rings. The molecule has 0 radical (unpaired) electrons. The quantitative estimate of drug-likeness (QED) is 0.468. The molecule has 0 aliphatic heterocycles. The predicted octanol–water partition coefficient (Wildman–Crippen LogP) is 0.592. The molecular weight excluding hydrogens is 165 g/mol. The van der Waals surface area contributed by atoms with Crippen LogP contribution in [0.2, 0.25) is 0 Å². The second-order valence-electron chi connectivity index (χ2n) is 2.05. The maximum atomic E-state index is 11.2. The van der Waals surface area contributed by atoms with Gasteiger partial charge in [0.2, 0.25) is 0 Å². The summed E-state index contributed by atoms with van der Waals surface area (Å²) in [7, 11) is 5.06. The summed E-state index contributed by atoms with van der Waals surface area (Å²) in [5, 5.41) is 1.15. The molecule has 0 saturated heterocycles. The van der Waals surface area contributed by atoms with Crippen LogP contribution in [0, 0.1) is 0 Å². The number of nitrogens with zero attached hydrogens (tertiary/aromatic N) is 1. The molecule has 0 saturated carbocycles. The van der Waals surface area contributed by atoms with E-state index in [-0.39, 0.29) is 5.91 Å². The van der Waals surface area contributed by atoms with Gasteiger partial charge >= 0.3 is 0 Å². The average molecular weight is 179 g/mol. The second kappa shape index (κ2) is 5.47. The van der Waals surface area contributed by atoms with Crippen molar-refractivity contribution in [2.24, 2.45) is 0 Å². The van der Waals surface area contributed by atoms with Crippen LogP contribution in [-0.2, 0) is 14.2 Å². The van der Waals surface area contributed by atoms with Crippen molar-refractivity contribution in [1.29, 1.82) is 0 Å². The van der Waals surface area contributed by atoms with E-state index >= 15 is 0 Å². The van der Waals surface area contributed by atoms with Crippen LogP contribution in [0.25, 0.3) is 0 Å². The van der Waals surface area contributed by atoms with Gasteiger partial charge in [-0.1, -0.05) is 6.92 Å². The van der Waals surface area contributed by atoms with Gasteiger partial charge in [-0.05, 0) is 6.42 Å². The van der Waals surface area contributed by atoms with Crippen LogP contribution in [0.4, 0.5) is 0 Å². The van der Waals surface area contributed by atoms with Gasteiger partial charge in [0.1, 0.15) is 6.10 Å². The van der Waals surface area contributed by atoms with E-state index in [0.29, 0.717) is 6.42 Å². The third kappa shape index (κ3) is 3.14. The van der Waals surface area contributed by atoms with Gasteiger partial charge in [-0.2, -0.15) is 0 Å². The summed E-state index contributed by atoms with van der Waals surface area (Å²) in [5.74, 6) is -0.176. The van der Waals surface area contributed by atoms with Gasteiger partial charge in [0.05, 0.1) is 7.11 Å². The lowest BCUT2D eigenvalue weighted by molar-refractivity contribution is -0.176. The zero-order chi connectivity index (χ0) is 8.85. The van der Waals surface area contributed by atoms with Gasteiger partial charge in [0.15, 0.2) is 0 Å². The largest absolute Gasteiger partial charge is 0.353 e. The molecule has 0 aromatic rings. The SMILES string of the molecule is CCC(OP)C(=O)N(C)OC. The summed E-state index contributed by atoms with van der Waals surface area (Å²) in [6.45, 7) is 1.87. The molecule has 0 fully saturated rings. The lowest BCUT2D eigenvalue weighted by Crippen LogP contribution is -2.35. The van der Waals surface area contributed by atoms with Crippen LogP contribution in [0.1, 0.15) is 13.3 Å². The van der Waals surface area contributed by atoms with Gasteiger partial charge in [-0.3, -0.25) is 9.63 Å². The number of hydroxylamine groups is 2. The van der Waals surface area contributed by atoms with Gasteiger partial charge in [-0.25, -0.2) is 5.06 Å².